The highest BCUT2D eigenvalue weighted by molar-refractivity contribution is 5.76. The highest BCUT2D eigenvalue weighted by atomic mass is 16.4. The van der Waals surface area contributed by atoms with Crippen LogP contribution in [0.2, 0.25) is 0 Å². The molecule has 0 aliphatic heterocycles. The average Bonchev–Trinajstić information content (AvgIpc) is 3.19. The molecule has 0 radical (unpaired) electrons. The summed E-state index contributed by atoms with van der Waals surface area (Å²) in [4.78, 5) is 36.1. The van der Waals surface area contributed by atoms with Crippen molar-refractivity contribution in [3.05, 3.63) is 146 Å². The Morgan fingerprint density at radius 1 is 0.393 bits per heavy atom. The Labute approximate surface area is 341 Å². The van der Waals surface area contributed by atoms with Gasteiger partial charge in [-0.15, -0.1) is 0 Å². The van der Waals surface area contributed by atoms with Gasteiger partial charge in [0.2, 0.25) is 11.8 Å². The second-order valence-electron chi connectivity index (χ2n) is 13.2. The van der Waals surface area contributed by atoms with E-state index in [-0.39, 0.29) is 11.8 Å². The molecule has 2 amide bonds. The maximum atomic E-state index is 12.2. The third kappa shape index (κ3) is 40.5. The molecule has 0 aliphatic rings. The molecular weight excluding hydrogens is 693 g/mol. The maximum Gasteiger partial charge on any atom is 0.306 e. The molecule has 0 unspecified atom stereocenters. The van der Waals surface area contributed by atoms with Gasteiger partial charge in [-0.1, -0.05) is 160 Å². The van der Waals surface area contributed by atoms with E-state index in [0.717, 1.165) is 77.0 Å². The second-order valence-corrected chi connectivity index (χ2v) is 13.2. The number of nitrogens with one attached hydrogen (secondary N) is 2. The number of carbonyl (C=O) groups excluding carboxylic acids is 2. The summed E-state index contributed by atoms with van der Waals surface area (Å²) in [5, 5.41) is 15.2. The number of aliphatic carboxylic acids is 1. The zero-order valence-corrected chi connectivity index (χ0v) is 34.7. The Morgan fingerprint density at radius 2 is 0.625 bits per heavy atom. The van der Waals surface area contributed by atoms with Crippen LogP contribution in [0.25, 0.3) is 0 Å². The molecule has 0 heterocycles. The summed E-state index contributed by atoms with van der Waals surface area (Å²) in [7, 11) is 0. The molecule has 0 saturated carbocycles. The first-order chi connectivity index (χ1) is 27.5. The maximum absolute atomic E-state index is 12.2. The zero-order valence-electron chi connectivity index (χ0n) is 34.7. The minimum atomic E-state index is -0.913. The first-order valence-corrected chi connectivity index (χ1v) is 21.1. The van der Waals surface area contributed by atoms with Crippen molar-refractivity contribution in [3.63, 3.8) is 0 Å². The van der Waals surface area contributed by atoms with Gasteiger partial charge in [-0.05, 0) is 103 Å². The molecule has 0 aromatic carbocycles. The Morgan fingerprint density at radius 3 is 0.857 bits per heavy atom. The number of carboxylic acids is 1. The van der Waals surface area contributed by atoms with Crippen molar-refractivity contribution in [2.24, 2.45) is 5.92 Å². The van der Waals surface area contributed by atoms with Gasteiger partial charge in [0, 0.05) is 25.9 Å². The number of hydrogen-bond donors (Lipinski definition) is 3. The van der Waals surface area contributed by atoms with Gasteiger partial charge in [-0.3, -0.25) is 14.4 Å². The van der Waals surface area contributed by atoms with Gasteiger partial charge in [0.05, 0.1) is 5.92 Å². The molecule has 0 bridgehead atoms. The van der Waals surface area contributed by atoms with E-state index in [1.54, 1.807) is 0 Å². The Bertz CT molecular complexity index is 1250. The minimum Gasteiger partial charge on any atom is -0.481 e. The molecule has 0 saturated heterocycles. The SMILES string of the molecule is CC/C=C\C/C=C\C/C=C\C/C=C\C/C=C\C/C=C\CCC(=O)NCCC(CCNC(=O)CC/C=C\C/C=C\C/C=C\C/C=C\C/C=C\C/C=C\CC)C(=O)O. The summed E-state index contributed by atoms with van der Waals surface area (Å²) in [6.07, 6.45) is 65.8. The van der Waals surface area contributed by atoms with Crippen molar-refractivity contribution in [2.75, 3.05) is 13.1 Å². The van der Waals surface area contributed by atoms with E-state index < -0.39 is 11.9 Å². The van der Waals surface area contributed by atoms with Crippen LogP contribution in [0, 0.1) is 5.92 Å². The van der Waals surface area contributed by atoms with E-state index in [1.807, 2.05) is 12.2 Å². The smallest absolute Gasteiger partial charge is 0.306 e. The highest BCUT2D eigenvalue weighted by Gasteiger charge is 2.17. The van der Waals surface area contributed by atoms with Crippen molar-refractivity contribution >= 4 is 17.8 Å². The van der Waals surface area contributed by atoms with Gasteiger partial charge in [-0.25, -0.2) is 0 Å². The molecule has 0 fully saturated rings. The van der Waals surface area contributed by atoms with Gasteiger partial charge in [0.25, 0.3) is 0 Å². The van der Waals surface area contributed by atoms with Gasteiger partial charge in [0.15, 0.2) is 0 Å². The molecule has 3 N–H and O–H groups in total. The third-order valence-electron chi connectivity index (χ3n) is 8.25. The topological polar surface area (TPSA) is 95.5 Å². The van der Waals surface area contributed by atoms with Gasteiger partial charge < -0.3 is 15.7 Å². The lowest BCUT2D eigenvalue weighted by Gasteiger charge is -2.13. The van der Waals surface area contributed by atoms with Crippen LogP contribution in [0.4, 0.5) is 0 Å². The minimum absolute atomic E-state index is 0.0867. The third-order valence-corrected chi connectivity index (χ3v) is 8.25. The van der Waals surface area contributed by atoms with E-state index in [9.17, 15) is 19.5 Å². The summed E-state index contributed by atoms with van der Waals surface area (Å²) in [6, 6.07) is 0. The lowest BCUT2D eigenvalue weighted by atomic mass is 10.0. The number of rotatable bonds is 35. The molecule has 0 rings (SSSR count). The molecule has 308 valence electrons. The zero-order chi connectivity index (χ0) is 40.8. The lowest BCUT2D eigenvalue weighted by Crippen LogP contribution is -2.30. The average molecular weight is 767 g/mol. The molecule has 0 atom stereocenters. The first-order valence-electron chi connectivity index (χ1n) is 21.1. The van der Waals surface area contributed by atoms with Crippen molar-refractivity contribution < 1.29 is 19.5 Å². The van der Waals surface area contributed by atoms with E-state index in [2.05, 4.69) is 158 Å². The van der Waals surface area contributed by atoms with E-state index in [0.29, 0.717) is 51.6 Å². The monoisotopic (exact) mass is 767 g/mol. The van der Waals surface area contributed by atoms with E-state index in [1.165, 1.54) is 0 Å². The Kier molecular flexibility index (Phi) is 39.4. The molecular formula is C50H74N2O4. The molecule has 0 aromatic rings. The summed E-state index contributed by atoms with van der Waals surface area (Å²) in [5.74, 6) is -1.71. The molecule has 6 nitrogen and oxygen atoms in total. The summed E-state index contributed by atoms with van der Waals surface area (Å²) < 4.78 is 0. The Balaban J connectivity index is 3.90. The fourth-order valence-electron chi connectivity index (χ4n) is 5.05. The predicted octanol–water partition coefficient (Wildman–Crippen LogP) is 12.7. The van der Waals surface area contributed by atoms with Crippen LogP contribution in [0.15, 0.2) is 146 Å². The standard InChI is InChI=1S/C50H74N2O4/c1-3-5-7-9-11-13-15-17-19-21-23-25-27-29-31-33-35-37-39-41-48(53)51-45-43-47(50(55)56)44-46-52-49(54)42-40-38-36-34-32-30-28-26-24-22-20-18-16-14-12-10-8-6-4-2/h5-8,11-14,17-20,23-26,29-32,35-38,47H,3-4,9-10,15-16,21-22,27-28,33-34,39-46H2,1-2H3,(H,51,53)(H,52,54)(H,55,56)/b7-5-,8-6-,13-11-,14-12-,19-17-,20-18-,25-23-,26-24-,31-29-,32-30-,37-35-,38-36-. The van der Waals surface area contributed by atoms with Crippen LogP contribution in [-0.4, -0.2) is 36.0 Å². The largest absolute Gasteiger partial charge is 0.481 e. The Hall–Kier alpha value is -4.71. The quantitative estimate of drug-likeness (QED) is 0.0560. The van der Waals surface area contributed by atoms with Gasteiger partial charge in [-0.2, -0.15) is 0 Å². The molecule has 6 heteroatoms. The van der Waals surface area contributed by atoms with Crippen molar-refractivity contribution in [2.45, 2.75) is 129 Å². The summed E-state index contributed by atoms with van der Waals surface area (Å²) in [6.45, 7) is 4.89. The van der Waals surface area contributed by atoms with Crippen LogP contribution < -0.4 is 10.6 Å². The number of hydrogen-bond acceptors (Lipinski definition) is 3. The normalized spacial score (nSPS) is 13.1. The van der Waals surface area contributed by atoms with E-state index >= 15 is 0 Å². The van der Waals surface area contributed by atoms with Crippen LogP contribution in [0.3, 0.4) is 0 Å². The number of carboxylic acid groups (broad SMARTS) is 1. The highest BCUT2D eigenvalue weighted by Crippen LogP contribution is 2.08. The number of amides is 2. The van der Waals surface area contributed by atoms with Crippen LogP contribution in [0.5, 0.6) is 0 Å². The summed E-state index contributed by atoms with van der Waals surface area (Å²) in [5.41, 5.74) is 0. The van der Waals surface area contributed by atoms with Crippen LogP contribution in [-0.2, 0) is 14.4 Å². The summed E-state index contributed by atoms with van der Waals surface area (Å²) >= 11 is 0. The fourth-order valence-corrected chi connectivity index (χ4v) is 5.05. The molecule has 0 aliphatic carbocycles. The van der Waals surface area contributed by atoms with Crippen LogP contribution >= 0.6 is 0 Å². The second kappa shape index (κ2) is 43.0. The van der Waals surface area contributed by atoms with Crippen molar-refractivity contribution in [1.29, 1.82) is 0 Å². The predicted molar refractivity (Wildman–Crippen MR) is 241 cm³/mol. The number of carbonyl (C=O) groups is 3. The van der Waals surface area contributed by atoms with Crippen LogP contribution in [0.1, 0.15) is 129 Å². The van der Waals surface area contributed by atoms with E-state index in [4.69, 9.17) is 0 Å². The molecule has 0 spiro atoms. The fraction of sp³-hybridized carbons (Fsp3) is 0.460. The van der Waals surface area contributed by atoms with Gasteiger partial charge in [0.1, 0.15) is 0 Å². The van der Waals surface area contributed by atoms with Crippen molar-refractivity contribution in [3.8, 4) is 0 Å². The van der Waals surface area contributed by atoms with Gasteiger partial charge >= 0.3 is 5.97 Å². The molecule has 0 aromatic heterocycles. The van der Waals surface area contributed by atoms with Crippen molar-refractivity contribution in [1.82, 2.24) is 10.6 Å². The first kappa shape index (κ1) is 51.3. The number of allylic oxidation sites excluding steroid dienone is 24. The molecule has 56 heavy (non-hydrogen) atoms. The lowest BCUT2D eigenvalue weighted by molar-refractivity contribution is -0.142.